The van der Waals surface area contributed by atoms with Gasteiger partial charge in [-0.25, -0.2) is 0 Å². The smallest absolute Gasteiger partial charge is 0.255 e. The van der Waals surface area contributed by atoms with Crippen molar-refractivity contribution >= 4 is 39.7 Å². The number of fused-ring (bicyclic) bond motifs is 1. The van der Waals surface area contributed by atoms with Crippen LogP contribution in [0.25, 0.3) is 10.8 Å². The third-order valence-corrected chi connectivity index (χ3v) is 5.64. The van der Waals surface area contributed by atoms with Crippen LogP contribution in [0.2, 0.25) is 5.02 Å². The minimum Gasteiger partial charge on any atom is -0.370 e. The maximum atomic E-state index is 12.6. The van der Waals surface area contributed by atoms with Crippen molar-refractivity contribution in [2.45, 2.75) is 19.8 Å². The lowest BCUT2D eigenvalue weighted by molar-refractivity contribution is 0.102. The average Bonchev–Trinajstić information content (AvgIpc) is 2.68. The van der Waals surface area contributed by atoms with Crippen LogP contribution >= 0.6 is 11.6 Å². The average molecular weight is 379 g/mol. The maximum Gasteiger partial charge on any atom is 0.255 e. The number of amides is 1. The molecule has 1 heterocycles. The molecule has 1 fully saturated rings. The van der Waals surface area contributed by atoms with E-state index in [0.717, 1.165) is 35.5 Å². The molecule has 0 bridgehead atoms. The van der Waals surface area contributed by atoms with E-state index >= 15 is 0 Å². The molecule has 0 radical (unpaired) electrons. The Hall–Kier alpha value is -2.52. The van der Waals surface area contributed by atoms with Gasteiger partial charge in [-0.15, -0.1) is 0 Å². The molecule has 4 heteroatoms. The highest BCUT2D eigenvalue weighted by atomic mass is 35.5. The monoisotopic (exact) mass is 378 g/mol. The zero-order valence-corrected chi connectivity index (χ0v) is 16.2. The standard InChI is InChI=1S/C23H23ClN2O/c1-16-10-12-26(13-11-16)22-9-8-20(15-21(22)24)25-23(27)19-7-6-17-4-2-3-5-18(17)14-19/h2-9,14-16H,10-13H2,1H3,(H,25,27). The molecule has 0 aliphatic carbocycles. The van der Waals surface area contributed by atoms with Gasteiger partial charge in [0.15, 0.2) is 0 Å². The lowest BCUT2D eigenvalue weighted by atomic mass is 9.99. The number of carbonyl (C=O) groups excluding carboxylic acids is 1. The molecule has 0 spiro atoms. The SMILES string of the molecule is CC1CCN(c2ccc(NC(=O)c3ccc4ccccc4c3)cc2Cl)CC1. The van der Waals surface area contributed by atoms with Gasteiger partial charge in [0, 0.05) is 24.3 Å². The second-order valence-corrected chi connectivity index (χ2v) is 7.76. The zero-order valence-electron chi connectivity index (χ0n) is 15.4. The molecule has 1 N–H and O–H groups in total. The molecule has 138 valence electrons. The predicted octanol–water partition coefficient (Wildman–Crippen LogP) is 5.98. The fourth-order valence-corrected chi connectivity index (χ4v) is 3.92. The topological polar surface area (TPSA) is 32.3 Å². The third kappa shape index (κ3) is 3.93. The van der Waals surface area contributed by atoms with Crippen molar-refractivity contribution in [3.63, 3.8) is 0 Å². The summed E-state index contributed by atoms with van der Waals surface area (Å²) < 4.78 is 0. The highest BCUT2D eigenvalue weighted by molar-refractivity contribution is 6.33. The van der Waals surface area contributed by atoms with Gasteiger partial charge >= 0.3 is 0 Å². The van der Waals surface area contributed by atoms with Crippen molar-refractivity contribution in [1.82, 2.24) is 0 Å². The molecule has 3 aromatic rings. The Labute approximate surface area is 164 Å². The van der Waals surface area contributed by atoms with E-state index in [1.807, 2.05) is 60.7 Å². The van der Waals surface area contributed by atoms with Crippen molar-refractivity contribution in [2.24, 2.45) is 5.92 Å². The van der Waals surface area contributed by atoms with Gasteiger partial charge in [-0.05, 0) is 59.9 Å². The van der Waals surface area contributed by atoms with Gasteiger partial charge in [-0.1, -0.05) is 48.9 Å². The van der Waals surface area contributed by atoms with Crippen LogP contribution in [0.1, 0.15) is 30.1 Å². The van der Waals surface area contributed by atoms with Crippen LogP contribution < -0.4 is 10.2 Å². The fourth-order valence-electron chi connectivity index (χ4n) is 3.62. The van der Waals surface area contributed by atoms with Gasteiger partial charge in [0.25, 0.3) is 5.91 Å². The van der Waals surface area contributed by atoms with E-state index < -0.39 is 0 Å². The van der Waals surface area contributed by atoms with Gasteiger partial charge in [0.1, 0.15) is 0 Å². The Morgan fingerprint density at radius 2 is 1.74 bits per heavy atom. The largest absolute Gasteiger partial charge is 0.370 e. The van der Waals surface area contributed by atoms with Gasteiger partial charge < -0.3 is 10.2 Å². The van der Waals surface area contributed by atoms with Crippen LogP contribution in [0.4, 0.5) is 11.4 Å². The molecule has 3 nitrogen and oxygen atoms in total. The van der Waals surface area contributed by atoms with E-state index in [0.29, 0.717) is 16.3 Å². The molecule has 1 saturated heterocycles. The second-order valence-electron chi connectivity index (χ2n) is 7.35. The molecular weight excluding hydrogens is 356 g/mol. The number of nitrogens with one attached hydrogen (secondary N) is 1. The first-order chi connectivity index (χ1) is 13.1. The summed E-state index contributed by atoms with van der Waals surface area (Å²) in [5, 5.41) is 5.82. The minimum atomic E-state index is -0.128. The first-order valence-electron chi connectivity index (χ1n) is 9.45. The molecule has 1 aliphatic rings. The van der Waals surface area contributed by atoms with Crippen LogP contribution in [0.15, 0.2) is 60.7 Å². The Bertz CT molecular complexity index is 977. The number of rotatable bonds is 3. The number of piperidine rings is 1. The van der Waals surface area contributed by atoms with Gasteiger partial charge in [0.05, 0.1) is 10.7 Å². The van der Waals surface area contributed by atoms with Crippen LogP contribution in [-0.2, 0) is 0 Å². The molecule has 4 rings (SSSR count). The fraction of sp³-hybridized carbons (Fsp3) is 0.261. The molecule has 3 aromatic carbocycles. The molecular formula is C23H23ClN2O. The number of benzene rings is 3. The summed E-state index contributed by atoms with van der Waals surface area (Å²) in [4.78, 5) is 15.0. The number of hydrogen-bond acceptors (Lipinski definition) is 2. The second kappa shape index (κ2) is 7.61. The van der Waals surface area contributed by atoms with Gasteiger partial charge in [0.2, 0.25) is 0 Å². The van der Waals surface area contributed by atoms with E-state index in [2.05, 4.69) is 17.1 Å². The van der Waals surface area contributed by atoms with Crippen LogP contribution in [0.3, 0.4) is 0 Å². The maximum absolute atomic E-state index is 12.6. The van der Waals surface area contributed by atoms with Crippen molar-refractivity contribution in [3.8, 4) is 0 Å². The quantitative estimate of drug-likeness (QED) is 0.607. The van der Waals surface area contributed by atoms with Crippen LogP contribution in [0.5, 0.6) is 0 Å². The highest BCUT2D eigenvalue weighted by Gasteiger charge is 2.18. The normalized spacial score (nSPS) is 15.1. The molecule has 0 atom stereocenters. The number of carbonyl (C=O) groups is 1. The lowest BCUT2D eigenvalue weighted by Gasteiger charge is -2.32. The Kier molecular flexibility index (Phi) is 5.04. The summed E-state index contributed by atoms with van der Waals surface area (Å²) >= 11 is 6.51. The third-order valence-electron chi connectivity index (χ3n) is 5.34. The van der Waals surface area contributed by atoms with Crippen LogP contribution in [0, 0.1) is 5.92 Å². The number of hydrogen-bond donors (Lipinski definition) is 1. The zero-order chi connectivity index (χ0) is 18.8. The summed E-state index contributed by atoms with van der Waals surface area (Å²) in [6, 6.07) is 19.5. The van der Waals surface area contributed by atoms with E-state index in [-0.39, 0.29) is 5.91 Å². The number of nitrogens with zero attached hydrogens (tertiary/aromatic N) is 1. The van der Waals surface area contributed by atoms with E-state index in [4.69, 9.17) is 11.6 Å². The lowest BCUT2D eigenvalue weighted by Crippen LogP contribution is -2.32. The first-order valence-corrected chi connectivity index (χ1v) is 9.82. The molecule has 1 amide bonds. The molecule has 0 unspecified atom stereocenters. The minimum absolute atomic E-state index is 0.128. The van der Waals surface area contributed by atoms with E-state index in [1.165, 1.54) is 12.8 Å². The summed E-state index contributed by atoms with van der Waals surface area (Å²) in [5.41, 5.74) is 2.40. The van der Waals surface area contributed by atoms with Crippen molar-refractivity contribution < 1.29 is 4.79 Å². The molecule has 0 aromatic heterocycles. The molecule has 0 saturated carbocycles. The van der Waals surface area contributed by atoms with E-state index in [9.17, 15) is 4.79 Å². The molecule has 27 heavy (non-hydrogen) atoms. The Balaban J connectivity index is 1.50. The predicted molar refractivity (Wildman–Crippen MR) is 114 cm³/mol. The first kappa shape index (κ1) is 17.9. The van der Waals surface area contributed by atoms with Crippen molar-refractivity contribution in [1.29, 1.82) is 0 Å². The number of anilines is 2. The Morgan fingerprint density at radius 1 is 1.00 bits per heavy atom. The Morgan fingerprint density at radius 3 is 2.48 bits per heavy atom. The summed E-state index contributed by atoms with van der Waals surface area (Å²) in [7, 11) is 0. The molecule has 1 aliphatic heterocycles. The summed E-state index contributed by atoms with van der Waals surface area (Å²) in [5.74, 6) is 0.650. The van der Waals surface area contributed by atoms with Crippen LogP contribution in [-0.4, -0.2) is 19.0 Å². The van der Waals surface area contributed by atoms with Gasteiger partial charge in [-0.2, -0.15) is 0 Å². The van der Waals surface area contributed by atoms with Gasteiger partial charge in [-0.3, -0.25) is 4.79 Å². The van der Waals surface area contributed by atoms with E-state index in [1.54, 1.807) is 0 Å². The summed E-state index contributed by atoms with van der Waals surface area (Å²) in [6.07, 6.45) is 2.38. The van der Waals surface area contributed by atoms with Crippen molar-refractivity contribution in [3.05, 3.63) is 71.2 Å². The highest BCUT2D eigenvalue weighted by Crippen LogP contribution is 2.32. The number of halogens is 1. The summed E-state index contributed by atoms with van der Waals surface area (Å²) in [6.45, 7) is 4.36. The van der Waals surface area contributed by atoms with Crippen molar-refractivity contribution in [2.75, 3.05) is 23.3 Å².